The van der Waals surface area contributed by atoms with Gasteiger partial charge < -0.3 is 15.1 Å². The van der Waals surface area contributed by atoms with Crippen molar-refractivity contribution in [1.29, 1.82) is 0 Å². The van der Waals surface area contributed by atoms with Crippen LogP contribution in [-0.2, 0) is 9.59 Å². The van der Waals surface area contributed by atoms with Gasteiger partial charge in [-0.05, 0) is 18.8 Å². The Hall–Kier alpha value is -2.18. The topological polar surface area (TPSA) is 78.4 Å². The number of aromatic nitrogens is 2. The molecule has 1 aliphatic heterocycles. The van der Waals surface area contributed by atoms with Crippen LogP contribution < -0.4 is 10.2 Å². The summed E-state index contributed by atoms with van der Waals surface area (Å²) in [6.07, 6.45) is 10.4. The van der Waals surface area contributed by atoms with Crippen molar-refractivity contribution in [2.24, 2.45) is 11.8 Å². The number of rotatable bonds is 5. The van der Waals surface area contributed by atoms with Gasteiger partial charge in [0.15, 0.2) is 0 Å². The van der Waals surface area contributed by atoms with E-state index in [1.807, 2.05) is 18.7 Å². The summed E-state index contributed by atoms with van der Waals surface area (Å²) < 4.78 is 0. The van der Waals surface area contributed by atoms with Gasteiger partial charge in [0.2, 0.25) is 11.8 Å². The van der Waals surface area contributed by atoms with Crippen molar-refractivity contribution in [2.75, 3.05) is 31.1 Å². The number of nitrogens with zero attached hydrogens (tertiary/aromatic N) is 4. The lowest BCUT2D eigenvalue weighted by molar-refractivity contribution is -0.139. The van der Waals surface area contributed by atoms with Gasteiger partial charge in [0.25, 0.3) is 0 Å². The van der Waals surface area contributed by atoms with Gasteiger partial charge in [-0.25, -0.2) is 4.98 Å². The van der Waals surface area contributed by atoms with E-state index in [1.165, 1.54) is 6.42 Å². The van der Waals surface area contributed by atoms with Crippen molar-refractivity contribution in [1.82, 2.24) is 20.2 Å². The summed E-state index contributed by atoms with van der Waals surface area (Å²) in [5, 5.41) is 3.06. The Morgan fingerprint density at radius 1 is 1.07 bits per heavy atom. The van der Waals surface area contributed by atoms with Crippen LogP contribution in [0.2, 0.25) is 0 Å². The fraction of sp³-hybridized carbons (Fsp3) is 0.700. The molecule has 0 bridgehead atoms. The van der Waals surface area contributed by atoms with Crippen LogP contribution in [0.5, 0.6) is 0 Å². The quantitative estimate of drug-likeness (QED) is 0.852. The lowest BCUT2D eigenvalue weighted by atomic mass is 9.88. The Morgan fingerprint density at radius 2 is 1.78 bits per heavy atom. The molecule has 2 amide bonds. The molecule has 0 radical (unpaired) electrons. The molecule has 1 aromatic heterocycles. The molecule has 2 aliphatic rings. The molecule has 7 heteroatoms. The third kappa shape index (κ3) is 4.96. The zero-order valence-electron chi connectivity index (χ0n) is 16.4. The molecular weight excluding hydrogens is 342 g/mol. The maximum Gasteiger partial charge on any atom is 0.245 e. The first-order valence-electron chi connectivity index (χ1n) is 10.2. The van der Waals surface area contributed by atoms with Crippen molar-refractivity contribution in [3.8, 4) is 0 Å². The smallest absolute Gasteiger partial charge is 0.245 e. The number of anilines is 1. The minimum Gasteiger partial charge on any atom is -0.352 e. The highest BCUT2D eigenvalue weighted by Crippen LogP contribution is 2.24. The molecule has 2 fully saturated rings. The van der Waals surface area contributed by atoms with E-state index in [0.717, 1.165) is 44.6 Å². The molecule has 0 aromatic carbocycles. The van der Waals surface area contributed by atoms with Crippen LogP contribution in [0, 0.1) is 11.8 Å². The standard InChI is InChI=1S/C20H31N5O2/c1-15(2)18(23-19(26)16-6-4-3-5-7-16)20(27)25-12-10-24(11-13-25)17-14-21-8-9-22-17/h8-9,14-16,18H,3-7,10-13H2,1-2H3,(H,23,26)/t18-/m0/s1. The lowest BCUT2D eigenvalue weighted by Gasteiger charge is -2.38. The van der Waals surface area contributed by atoms with Gasteiger partial charge in [-0.2, -0.15) is 0 Å². The molecule has 27 heavy (non-hydrogen) atoms. The molecule has 3 rings (SSSR count). The maximum atomic E-state index is 13.1. The monoisotopic (exact) mass is 373 g/mol. The predicted octanol–water partition coefficient (Wildman–Crippen LogP) is 1.85. The minimum absolute atomic E-state index is 0.0351. The third-order valence-corrected chi connectivity index (χ3v) is 5.67. The van der Waals surface area contributed by atoms with Crippen LogP contribution in [0.4, 0.5) is 5.82 Å². The number of carbonyl (C=O) groups excluding carboxylic acids is 2. The summed E-state index contributed by atoms with van der Waals surface area (Å²) >= 11 is 0. The highest BCUT2D eigenvalue weighted by molar-refractivity contribution is 5.89. The van der Waals surface area contributed by atoms with Crippen molar-refractivity contribution < 1.29 is 9.59 Å². The Morgan fingerprint density at radius 3 is 2.37 bits per heavy atom. The lowest BCUT2D eigenvalue weighted by Crippen LogP contribution is -2.57. The van der Waals surface area contributed by atoms with Crippen LogP contribution in [0.3, 0.4) is 0 Å². The van der Waals surface area contributed by atoms with Crippen molar-refractivity contribution in [3.63, 3.8) is 0 Å². The SMILES string of the molecule is CC(C)[C@H](NC(=O)C1CCCCC1)C(=O)N1CCN(c2cnccn2)CC1. The zero-order chi connectivity index (χ0) is 19.2. The van der Waals surface area contributed by atoms with E-state index in [4.69, 9.17) is 0 Å². The average molecular weight is 374 g/mol. The highest BCUT2D eigenvalue weighted by atomic mass is 16.2. The van der Waals surface area contributed by atoms with E-state index in [9.17, 15) is 9.59 Å². The molecule has 1 saturated heterocycles. The second-order valence-corrected chi connectivity index (χ2v) is 7.94. The average Bonchev–Trinajstić information content (AvgIpc) is 2.72. The zero-order valence-corrected chi connectivity index (χ0v) is 16.4. The van der Waals surface area contributed by atoms with Gasteiger partial charge in [-0.15, -0.1) is 0 Å². The molecule has 7 nitrogen and oxygen atoms in total. The number of hydrogen-bond donors (Lipinski definition) is 1. The van der Waals surface area contributed by atoms with Gasteiger partial charge in [0.1, 0.15) is 11.9 Å². The largest absolute Gasteiger partial charge is 0.352 e. The number of amides is 2. The number of nitrogens with one attached hydrogen (secondary N) is 1. The summed E-state index contributed by atoms with van der Waals surface area (Å²) in [5.74, 6) is 1.08. The second-order valence-electron chi connectivity index (χ2n) is 7.94. The van der Waals surface area contributed by atoms with Crippen LogP contribution in [0.25, 0.3) is 0 Å². The number of hydrogen-bond acceptors (Lipinski definition) is 5. The molecule has 148 valence electrons. The van der Waals surface area contributed by atoms with Crippen LogP contribution in [0.15, 0.2) is 18.6 Å². The molecule has 1 atom stereocenters. The minimum atomic E-state index is -0.442. The first-order chi connectivity index (χ1) is 13.1. The van der Waals surface area contributed by atoms with E-state index in [-0.39, 0.29) is 23.7 Å². The van der Waals surface area contributed by atoms with E-state index >= 15 is 0 Å². The Balaban J connectivity index is 1.56. The van der Waals surface area contributed by atoms with Gasteiger partial charge in [-0.1, -0.05) is 33.1 Å². The molecule has 0 unspecified atom stereocenters. The molecule has 0 spiro atoms. The third-order valence-electron chi connectivity index (χ3n) is 5.67. The summed E-state index contributed by atoms with van der Waals surface area (Å²) in [7, 11) is 0. The van der Waals surface area contributed by atoms with Crippen molar-refractivity contribution in [2.45, 2.75) is 52.0 Å². The summed E-state index contributed by atoms with van der Waals surface area (Å²) in [5.41, 5.74) is 0. The molecule has 1 saturated carbocycles. The van der Waals surface area contributed by atoms with E-state index < -0.39 is 6.04 Å². The summed E-state index contributed by atoms with van der Waals surface area (Å²) in [4.78, 5) is 38.2. The summed E-state index contributed by atoms with van der Waals surface area (Å²) in [6.45, 7) is 6.73. The van der Waals surface area contributed by atoms with Gasteiger partial charge >= 0.3 is 0 Å². The van der Waals surface area contributed by atoms with Gasteiger partial charge in [0, 0.05) is 44.5 Å². The van der Waals surface area contributed by atoms with Crippen LogP contribution >= 0.6 is 0 Å². The first kappa shape index (κ1) is 19.6. The van der Waals surface area contributed by atoms with Crippen LogP contribution in [-0.4, -0.2) is 58.9 Å². The maximum absolute atomic E-state index is 13.1. The van der Waals surface area contributed by atoms with Crippen molar-refractivity contribution >= 4 is 17.6 Å². The van der Waals surface area contributed by atoms with Crippen molar-refractivity contribution in [3.05, 3.63) is 18.6 Å². The fourth-order valence-electron chi connectivity index (χ4n) is 3.96. The fourth-order valence-corrected chi connectivity index (χ4v) is 3.96. The molecule has 2 heterocycles. The molecular formula is C20H31N5O2. The Bertz CT molecular complexity index is 623. The number of piperazine rings is 1. The Labute approximate surface area is 161 Å². The van der Waals surface area contributed by atoms with E-state index in [1.54, 1.807) is 18.6 Å². The second kappa shape index (κ2) is 9.15. The normalized spacial score (nSPS) is 19.8. The van der Waals surface area contributed by atoms with Gasteiger partial charge in [0.05, 0.1) is 6.20 Å². The summed E-state index contributed by atoms with van der Waals surface area (Å²) in [6, 6.07) is -0.442. The van der Waals surface area contributed by atoms with E-state index in [2.05, 4.69) is 20.2 Å². The highest BCUT2D eigenvalue weighted by Gasteiger charge is 2.32. The molecule has 1 N–H and O–H groups in total. The van der Waals surface area contributed by atoms with Crippen LogP contribution in [0.1, 0.15) is 46.0 Å². The predicted molar refractivity (Wildman–Crippen MR) is 104 cm³/mol. The number of carbonyl (C=O) groups is 2. The molecule has 1 aromatic rings. The van der Waals surface area contributed by atoms with Gasteiger partial charge in [-0.3, -0.25) is 14.6 Å². The molecule has 1 aliphatic carbocycles. The van der Waals surface area contributed by atoms with E-state index in [0.29, 0.717) is 13.1 Å². The first-order valence-corrected chi connectivity index (χ1v) is 10.2. The Kier molecular flexibility index (Phi) is 6.63.